The molecule has 0 bridgehead atoms. The lowest BCUT2D eigenvalue weighted by molar-refractivity contribution is -0.0211. The molecule has 0 saturated carbocycles. The Kier molecular flexibility index (Phi) is 6.30. The Morgan fingerprint density at radius 3 is 2.65 bits per heavy atom. The predicted octanol–water partition coefficient (Wildman–Crippen LogP) is 2.86. The maximum absolute atomic E-state index is 12.6. The molecule has 178 valence electrons. The summed E-state index contributed by atoms with van der Waals surface area (Å²) in [6.45, 7) is 6.48. The number of aliphatic hydroxyl groups is 1. The van der Waals surface area contributed by atoms with Crippen molar-refractivity contribution in [1.82, 2.24) is 24.9 Å². The summed E-state index contributed by atoms with van der Waals surface area (Å²) in [6, 6.07) is 9.73. The Morgan fingerprint density at radius 1 is 1.21 bits per heavy atom. The molecule has 0 radical (unpaired) electrons. The van der Waals surface area contributed by atoms with E-state index in [4.69, 9.17) is 9.26 Å². The SMILES string of the molecule is CCCC(c1ncno1)N1CC(Oc2ccc(-c3ccc(C(=O)N4CC(O)C4)c(C)c3)nc2)C1. The number of benzene rings is 1. The van der Waals surface area contributed by atoms with E-state index >= 15 is 0 Å². The van der Waals surface area contributed by atoms with Crippen molar-refractivity contribution in [3.8, 4) is 17.0 Å². The number of aromatic nitrogens is 3. The van der Waals surface area contributed by atoms with Crippen LogP contribution in [0.5, 0.6) is 5.75 Å². The third-order valence-electron chi connectivity index (χ3n) is 6.48. The second kappa shape index (κ2) is 9.52. The van der Waals surface area contributed by atoms with Crippen LogP contribution in [0.1, 0.15) is 47.6 Å². The van der Waals surface area contributed by atoms with Gasteiger partial charge in [0.1, 0.15) is 11.9 Å². The summed E-state index contributed by atoms with van der Waals surface area (Å²) in [6.07, 6.45) is 4.89. The maximum Gasteiger partial charge on any atom is 0.254 e. The zero-order valence-corrected chi connectivity index (χ0v) is 19.4. The molecule has 5 rings (SSSR count). The Balaban J connectivity index is 1.18. The zero-order valence-electron chi connectivity index (χ0n) is 19.4. The number of aliphatic hydroxyl groups excluding tert-OH is 1. The Labute approximate surface area is 198 Å². The van der Waals surface area contributed by atoms with Gasteiger partial charge in [0.25, 0.3) is 5.91 Å². The van der Waals surface area contributed by atoms with Gasteiger partial charge in [-0.3, -0.25) is 14.7 Å². The number of pyridine rings is 1. The number of aryl methyl sites for hydroxylation is 1. The second-order valence-corrected chi connectivity index (χ2v) is 9.05. The summed E-state index contributed by atoms with van der Waals surface area (Å²) in [5, 5.41) is 13.2. The average Bonchev–Trinajstić information content (AvgIpc) is 3.32. The van der Waals surface area contributed by atoms with E-state index in [-0.39, 0.29) is 18.1 Å². The number of carbonyl (C=O) groups is 1. The first-order chi connectivity index (χ1) is 16.5. The summed E-state index contributed by atoms with van der Waals surface area (Å²) < 4.78 is 11.4. The molecule has 9 nitrogen and oxygen atoms in total. The lowest BCUT2D eigenvalue weighted by Gasteiger charge is -2.42. The highest BCUT2D eigenvalue weighted by molar-refractivity contribution is 5.96. The van der Waals surface area contributed by atoms with Gasteiger partial charge >= 0.3 is 0 Å². The number of β-amino-alcohol motifs (C(OH)–C–C–N with tert-alkyl or cyclic N) is 1. The van der Waals surface area contributed by atoms with Gasteiger partial charge in [-0.25, -0.2) is 0 Å². The van der Waals surface area contributed by atoms with Crippen molar-refractivity contribution in [3.05, 3.63) is 59.9 Å². The van der Waals surface area contributed by atoms with Crippen molar-refractivity contribution < 1.29 is 19.2 Å². The van der Waals surface area contributed by atoms with Crippen LogP contribution in [0.25, 0.3) is 11.3 Å². The van der Waals surface area contributed by atoms with Gasteiger partial charge in [0.05, 0.1) is 24.0 Å². The van der Waals surface area contributed by atoms with Crippen molar-refractivity contribution in [3.63, 3.8) is 0 Å². The van der Waals surface area contributed by atoms with E-state index in [1.54, 1.807) is 11.1 Å². The van der Waals surface area contributed by atoms with Crippen molar-refractivity contribution in [1.29, 1.82) is 0 Å². The molecule has 2 aliphatic heterocycles. The lowest BCUT2D eigenvalue weighted by Crippen LogP contribution is -2.55. The fraction of sp³-hybridized carbons (Fsp3) is 0.440. The van der Waals surface area contributed by atoms with Gasteiger partial charge in [0, 0.05) is 37.3 Å². The molecule has 3 aromatic rings. The smallest absolute Gasteiger partial charge is 0.254 e. The first-order valence-corrected chi connectivity index (χ1v) is 11.7. The van der Waals surface area contributed by atoms with Crippen molar-refractivity contribution >= 4 is 5.91 Å². The van der Waals surface area contributed by atoms with Crippen LogP contribution in [-0.2, 0) is 0 Å². The maximum atomic E-state index is 12.6. The third-order valence-corrected chi connectivity index (χ3v) is 6.48. The zero-order chi connectivity index (χ0) is 23.7. The highest BCUT2D eigenvalue weighted by Crippen LogP contribution is 2.31. The standard InChI is InChI=1S/C25H29N5O4/c1-3-4-23(24-27-15-28-34-24)29-13-20(14-29)33-19-6-8-22(26-10-19)17-5-7-21(16(2)9-17)25(32)30-11-18(31)12-30/h5-10,15,18,20,23,31H,3-4,11-14H2,1-2H3. The molecule has 2 aromatic heterocycles. The molecule has 1 N–H and O–H groups in total. The summed E-state index contributed by atoms with van der Waals surface area (Å²) in [5.41, 5.74) is 3.32. The van der Waals surface area contributed by atoms with Gasteiger partial charge < -0.3 is 19.3 Å². The van der Waals surface area contributed by atoms with E-state index in [1.807, 2.05) is 37.3 Å². The molecule has 1 atom stereocenters. The first kappa shape index (κ1) is 22.5. The van der Waals surface area contributed by atoms with E-state index in [0.717, 1.165) is 48.5 Å². The largest absolute Gasteiger partial charge is 0.486 e. The number of rotatable bonds is 8. The minimum atomic E-state index is -0.403. The fourth-order valence-electron chi connectivity index (χ4n) is 4.53. The summed E-state index contributed by atoms with van der Waals surface area (Å²) in [4.78, 5) is 25.3. The predicted molar refractivity (Wildman–Crippen MR) is 124 cm³/mol. The molecule has 34 heavy (non-hydrogen) atoms. The molecule has 2 aliphatic rings. The topological polar surface area (TPSA) is 105 Å². The Morgan fingerprint density at radius 2 is 2.03 bits per heavy atom. The third kappa shape index (κ3) is 4.53. The molecule has 9 heteroatoms. The monoisotopic (exact) mass is 463 g/mol. The van der Waals surface area contributed by atoms with Crippen LogP contribution in [0.2, 0.25) is 0 Å². The molecular weight excluding hydrogens is 434 g/mol. The number of likely N-dealkylation sites (tertiary alicyclic amines) is 2. The van der Waals surface area contributed by atoms with Gasteiger partial charge in [0.15, 0.2) is 6.33 Å². The molecule has 1 aromatic carbocycles. The van der Waals surface area contributed by atoms with E-state index in [0.29, 0.717) is 24.5 Å². The average molecular weight is 464 g/mol. The normalized spacial score (nSPS) is 17.8. The van der Waals surface area contributed by atoms with Crippen LogP contribution >= 0.6 is 0 Å². The number of hydrogen-bond acceptors (Lipinski definition) is 8. The van der Waals surface area contributed by atoms with Gasteiger partial charge in [-0.1, -0.05) is 24.6 Å². The van der Waals surface area contributed by atoms with Crippen LogP contribution in [0.15, 0.2) is 47.4 Å². The molecule has 0 spiro atoms. The van der Waals surface area contributed by atoms with Gasteiger partial charge in [0.2, 0.25) is 5.89 Å². The molecule has 1 unspecified atom stereocenters. The highest BCUT2D eigenvalue weighted by atomic mass is 16.5. The molecular formula is C25H29N5O4. The van der Waals surface area contributed by atoms with Crippen molar-refractivity contribution in [2.45, 2.75) is 44.9 Å². The van der Waals surface area contributed by atoms with Crippen LogP contribution in [0, 0.1) is 6.92 Å². The summed E-state index contributed by atoms with van der Waals surface area (Å²) in [5.74, 6) is 1.36. The minimum Gasteiger partial charge on any atom is -0.486 e. The minimum absolute atomic E-state index is 0.0409. The van der Waals surface area contributed by atoms with E-state index in [2.05, 4.69) is 26.9 Å². The molecule has 4 heterocycles. The number of hydrogen-bond donors (Lipinski definition) is 1. The Bertz CT molecular complexity index is 1120. The van der Waals surface area contributed by atoms with Crippen LogP contribution in [-0.4, -0.2) is 74.3 Å². The van der Waals surface area contributed by atoms with E-state index < -0.39 is 6.10 Å². The second-order valence-electron chi connectivity index (χ2n) is 9.05. The van der Waals surface area contributed by atoms with Crippen LogP contribution in [0.4, 0.5) is 0 Å². The lowest BCUT2D eigenvalue weighted by atomic mass is 10.0. The first-order valence-electron chi connectivity index (χ1n) is 11.7. The van der Waals surface area contributed by atoms with Crippen molar-refractivity contribution in [2.75, 3.05) is 26.2 Å². The van der Waals surface area contributed by atoms with Crippen molar-refractivity contribution in [2.24, 2.45) is 0 Å². The molecule has 2 saturated heterocycles. The van der Waals surface area contributed by atoms with Gasteiger partial charge in [-0.05, 0) is 43.2 Å². The van der Waals surface area contributed by atoms with Gasteiger partial charge in [-0.2, -0.15) is 4.98 Å². The number of ether oxygens (including phenoxy) is 1. The quantitative estimate of drug-likeness (QED) is 0.544. The molecule has 2 fully saturated rings. The number of carbonyl (C=O) groups excluding carboxylic acids is 1. The Hall–Kier alpha value is -3.30. The van der Waals surface area contributed by atoms with Gasteiger partial charge in [-0.15, -0.1) is 0 Å². The van der Waals surface area contributed by atoms with Crippen LogP contribution in [0.3, 0.4) is 0 Å². The fourth-order valence-corrected chi connectivity index (χ4v) is 4.53. The van der Waals surface area contributed by atoms with Crippen LogP contribution < -0.4 is 4.74 Å². The molecule has 1 amide bonds. The van der Waals surface area contributed by atoms with E-state index in [1.165, 1.54) is 6.33 Å². The molecule has 0 aliphatic carbocycles. The highest BCUT2D eigenvalue weighted by Gasteiger charge is 2.36. The number of nitrogens with zero attached hydrogens (tertiary/aromatic N) is 5. The summed E-state index contributed by atoms with van der Waals surface area (Å²) >= 11 is 0. The van der Waals surface area contributed by atoms with E-state index in [9.17, 15) is 9.90 Å². The number of amides is 1. The summed E-state index contributed by atoms with van der Waals surface area (Å²) in [7, 11) is 0.